The molecular formula is C17H19FN2O4. The van der Waals surface area contributed by atoms with E-state index in [1.54, 1.807) is 13.8 Å². The van der Waals surface area contributed by atoms with Crippen LogP contribution in [0.1, 0.15) is 49.7 Å². The van der Waals surface area contributed by atoms with Crippen LogP contribution in [0.2, 0.25) is 0 Å². The van der Waals surface area contributed by atoms with Crippen molar-refractivity contribution in [2.75, 3.05) is 6.61 Å². The van der Waals surface area contributed by atoms with Crippen LogP contribution in [0.25, 0.3) is 5.65 Å². The zero-order chi connectivity index (χ0) is 17.3. The van der Waals surface area contributed by atoms with Gasteiger partial charge in [0.2, 0.25) is 5.95 Å². The Bertz CT molecular complexity index is 852. The van der Waals surface area contributed by atoms with Gasteiger partial charge in [-0.2, -0.15) is 4.39 Å². The lowest BCUT2D eigenvalue weighted by molar-refractivity contribution is 0.0150. The summed E-state index contributed by atoms with van der Waals surface area (Å²) < 4.78 is 27.4. The van der Waals surface area contributed by atoms with E-state index in [-0.39, 0.29) is 23.0 Å². The largest absolute Gasteiger partial charge is 0.490 e. The number of hydrogen-bond donors (Lipinski definition) is 1. The summed E-state index contributed by atoms with van der Waals surface area (Å²) in [4.78, 5) is 15.9. The zero-order valence-electron chi connectivity index (χ0n) is 13.8. The molecule has 0 aromatic carbocycles. The summed E-state index contributed by atoms with van der Waals surface area (Å²) in [6, 6.07) is 1.49. The van der Waals surface area contributed by atoms with Crippen LogP contribution in [0.3, 0.4) is 0 Å². The fraction of sp³-hybridized carbons (Fsp3) is 0.529. The third-order valence-electron chi connectivity index (χ3n) is 4.88. The third kappa shape index (κ3) is 2.04. The maximum absolute atomic E-state index is 14.9. The first-order valence-corrected chi connectivity index (χ1v) is 7.99. The number of aromatic carboxylic acids is 1. The van der Waals surface area contributed by atoms with Crippen LogP contribution in [-0.2, 0) is 10.2 Å². The summed E-state index contributed by atoms with van der Waals surface area (Å²) in [5, 5.41) is 9.38. The van der Waals surface area contributed by atoms with E-state index in [1.165, 1.54) is 16.7 Å². The van der Waals surface area contributed by atoms with Gasteiger partial charge in [0, 0.05) is 17.7 Å². The van der Waals surface area contributed by atoms with Gasteiger partial charge in [-0.05, 0) is 33.6 Å². The number of fused-ring (bicyclic) bond motifs is 2. The normalized spacial score (nSPS) is 28.4. The number of pyridine rings is 1. The van der Waals surface area contributed by atoms with Gasteiger partial charge in [0.1, 0.15) is 22.7 Å². The average Bonchev–Trinajstić information content (AvgIpc) is 3.07. The van der Waals surface area contributed by atoms with Crippen LogP contribution in [0.15, 0.2) is 12.3 Å². The van der Waals surface area contributed by atoms with E-state index < -0.39 is 17.3 Å². The Kier molecular flexibility index (Phi) is 3.01. The molecule has 0 unspecified atom stereocenters. The van der Waals surface area contributed by atoms with Gasteiger partial charge in [-0.15, -0.1) is 0 Å². The SMILES string of the molecule is CC(C)Oc1cc2nc(C34COC(C)(C3)C4)c(F)n2cc1C(=O)O. The highest BCUT2D eigenvalue weighted by atomic mass is 19.1. The Morgan fingerprint density at radius 3 is 2.75 bits per heavy atom. The molecule has 6 nitrogen and oxygen atoms in total. The molecule has 1 N–H and O–H groups in total. The molecule has 2 aromatic heterocycles. The average molecular weight is 334 g/mol. The number of rotatable bonds is 4. The minimum Gasteiger partial charge on any atom is -0.490 e. The highest BCUT2D eigenvalue weighted by Crippen LogP contribution is 2.58. The van der Waals surface area contributed by atoms with Crippen LogP contribution in [0.4, 0.5) is 4.39 Å². The van der Waals surface area contributed by atoms with Crippen LogP contribution < -0.4 is 4.74 Å². The van der Waals surface area contributed by atoms with Crippen LogP contribution in [0, 0.1) is 5.95 Å². The molecule has 3 aliphatic rings. The van der Waals surface area contributed by atoms with Crippen molar-refractivity contribution in [2.24, 2.45) is 0 Å². The summed E-state index contributed by atoms with van der Waals surface area (Å²) in [6.45, 7) is 6.07. The molecule has 1 aliphatic carbocycles. The minimum absolute atomic E-state index is 0.0855. The quantitative estimate of drug-likeness (QED) is 0.931. The van der Waals surface area contributed by atoms with Gasteiger partial charge in [-0.25, -0.2) is 9.78 Å². The minimum atomic E-state index is -1.17. The molecule has 3 fully saturated rings. The van der Waals surface area contributed by atoms with Crippen LogP contribution in [0.5, 0.6) is 5.75 Å². The second kappa shape index (κ2) is 4.69. The lowest BCUT2D eigenvalue weighted by Gasteiger charge is -2.41. The molecule has 2 saturated heterocycles. The van der Waals surface area contributed by atoms with E-state index in [9.17, 15) is 14.3 Å². The Balaban J connectivity index is 1.85. The molecule has 0 amide bonds. The molecule has 0 radical (unpaired) electrons. The van der Waals surface area contributed by atoms with E-state index in [0.29, 0.717) is 17.9 Å². The van der Waals surface area contributed by atoms with E-state index in [0.717, 1.165) is 12.8 Å². The smallest absolute Gasteiger partial charge is 0.341 e. The Labute approximate surface area is 138 Å². The summed E-state index contributed by atoms with van der Waals surface area (Å²) in [6.07, 6.45) is 2.52. The van der Waals surface area contributed by atoms with Crippen molar-refractivity contribution in [3.8, 4) is 5.75 Å². The van der Waals surface area contributed by atoms with E-state index in [2.05, 4.69) is 4.98 Å². The van der Waals surface area contributed by atoms with Crippen LogP contribution in [-0.4, -0.2) is 38.8 Å². The zero-order valence-corrected chi connectivity index (χ0v) is 13.8. The Morgan fingerprint density at radius 2 is 2.21 bits per heavy atom. The number of ether oxygens (including phenoxy) is 2. The molecule has 2 bridgehead atoms. The second-order valence-electron chi connectivity index (χ2n) is 7.38. The van der Waals surface area contributed by atoms with Gasteiger partial charge in [0.15, 0.2) is 0 Å². The first-order valence-electron chi connectivity index (χ1n) is 7.99. The molecule has 7 heteroatoms. The molecule has 5 rings (SSSR count). The number of hydrogen-bond acceptors (Lipinski definition) is 4. The number of carbonyl (C=O) groups is 1. The molecule has 0 spiro atoms. The first kappa shape index (κ1) is 15.4. The van der Waals surface area contributed by atoms with E-state index >= 15 is 0 Å². The Morgan fingerprint density at radius 1 is 1.50 bits per heavy atom. The predicted molar refractivity (Wildman–Crippen MR) is 83.1 cm³/mol. The molecule has 1 saturated carbocycles. The molecule has 2 aliphatic heterocycles. The van der Waals surface area contributed by atoms with Gasteiger partial charge >= 0.3 is 5.97 Å². The number of carboxylic acid groups (broad SMARTS) is 1. The Hall–Kier alpha value is -2.15. The lowest BCUT2D eigenvalue weighted by Crippen LogP contribution is -2.45. The van der Waals surface area contributed by atoms with Crippen molar-refractivity contribution >= 4 is 11.6 Å². The number of halogens is 1. The standard InChI is InChI=1S/C17H19FN2O4/c1-9(2)24-11-4-12-19-13(17-6-16(3,7-17)23-8-17)14(18)20(12)5-10(11)15(21)22/h4-5,9H,6-8H2,1-3H3,(H,21,22). The van der Waals surface area contributed by atoms with E-state index in [4.69, 9.17) is 9.47 Å². The van der Waals surface area contributed by atoms with Crippen LogP contribution >= 0.6 is 0 Å². The summed E-state index contributed by atoms with van der Waals surface area (Å²) >= 11 is 0. The van der Waals surface area contributed by atoms with E-state index in [1.807, 2.05) is 6.92 Å². The highest BCUT2D eigenvalue weighted by Gasteiger charge is 2.62. The topological polar surface area (TPSA) is 73.1 Å². The van der Waals surface area contributed by atoms with Crippen molar-refractivity contribution in [3.63, 3.8) is 0 Å². The monoisotopic (exact) mass is 334 g/mol. The van der Waals surface area contributed by atoms with Gasteiger partial charge in [0.05, 0.1) is 18.3 Å². The first-order chi connectivity index (χ1) is 11.2. The fourth-order valence-electron chi connectivity index (χ4n) is 4.02. The number of aromatic nitrogens is 2. The van der Waals surface area contributed by atoms with Crippen molar-refractivity contribution in [1.29, 1.82) is 0 Å². The third-order valence-corrected chi connectivity index (χ3v) is 4.88. The highest BCUT2D eigenvalue weighted by molar-refractivity contribution is 5.91. The fourth-order valence-corrected chi connectivity index (χ4v) is 4.02. The maximum atomic E-state index is 14.9. The summed E-state index contributed by atoms with van der Waals surface area (Å²) in [5.74, 6) is -1.49. The van der Waals surface area contributed by atoms with Crippen molar-refractivity contribution in [1.82, 2.24) is 9.38 Å². The van der Waals surface area contributed by atoms with Crippen molar-refractivity contribution in [3.05, 3.63) is 29.5 Å². The van der Waals surface area contributed by atoms with Gasteiger partial charge < -0.3 is 14.6 Å². The van der Waals surface area contributed by atoms with Crippen molar-refractivity contribution in [2.45, 2.75) is 50.7 Å². The molecule has 128 valence electrons. The van der Waals surface area contributed by atoms with Gasteiger partial charge in [-0.1, -0.05) is 0 Å². The predicted octanol–water partition coefficient (Wildman–Crippen LogP) is 2.78. The van der Waals surface area contributed by atoms with Gasteiger partial charge in [-0.3, -0.25) is 4.40 Å². The molecule has 4 heterocycles. The van der Waals surface area contributed by atoms with Crippen molar-refractivity contribution < 1.29 is 23.8 Å². The number of carboxylic acids is 1. The molecule has 2 aromatic rings. The second-order valence-corrected chi connectivity index (χ2v) is 7.38. The van der Waals surface area contributed by atoms with Gasteiger partial charge in [0.25, 0.3) is 0 Å². The molecule has 24 heavy (non-hydrogen) atoms. The molecular weight excluding hydrogens is 315 g/mol. The summed E-state index contributed by atoms with van der Waals surface area (Å²) in [7, 11) is 0. The number of nitrogens with zero attached hydrogens (tertiary/aromatic N) is 2. The summed E-state index contributed by atoms with van der Waals surface area (Å²) in [5.41, 5.74) is 0.0412. The lowest BCUT2D eigenvalue weighted by atomic mass is 9.62. The maximum Gasteiger partial charge on any atom is 0.341 e. The molecule has 0 atom stereocenters. The number of imidazole rings is 1.